The summed E-state index contributed by atoms with van der Waals surface area (Å²) in [5.74, 6) is 7.86. The zero-order valence-corrected chi connectivity index (χ0v) is 61.1. The number of rotatable bonds is 16. The molecule has 1 aromatic heterocycles. The van der Waals surface area contributed by atoms with Crippen molar-refractivity contribution in [2.24, 2.45) is 11.8 Å². The molecule has 2 saturated carbocycles. The predicted octanol–water partition coefficient (Wildman–Crippen LogP) is 16.3. The Balaban J connectivity index is 0.000000130. The molecule has 3 amide bonds. The van der Waals surface area contributed by atoms with E-state index in [9.17, 15) is 14.4 Å². The molecule has 4 bridgehead atoms. The van der Waals surface area contributed by atoms with Gasteiger partial charge in [-0.2, -0.15) is 0 Å². The van der Waals surface area contributed by atoms with Gasteiger partial charge in [0.2, 0.25) is 6.79 Å². The van der Waals surface area contributed by atoms with E-state index in [0.29, 0.717) is 64.8 Å². The third-order valence-corrected chi connectivity index (χ3v) is 24.7. The largest absolute Gasteiger partial charge is 0.496 e. The first kappa shape index (κ1) is 71.0. The highest BCUT2D eigenvalue weighted by atomic mass is 32.1. The molecule has 7 aromatic rings. The number of ether oxygens (including phenoxy) is 7. The number of anilines is 1. The van der Waals surface area contributed by atoms with Crippen LogP contribution >= 0.6 is 11.3 Å². The van der Waals surface area contributed by atoms with Crippen LogP contribution in [0.2, 0.25) is 0 Å². The highest BCUT2D eigenvalue weighted by Gasteiger charge is 2.45. The Morgan fingerprint density at radius 2 is 0.990 bits per heavy atom. The minimum absolute atomic E-state index is 0.0517. The predicted molar refractivity (Wildman–Crippen MR) is 402 cm³/mol. The highest BCUT2D eigenvalue weighted by molar-refractivity contribution is 7.13. The zero-order chi connectivity index (χ0) is 70.1. The molecular formula is C84H103N7O10S. The van der Waals surface area contributed by atoms with Gasteiger partial charge in [-0.15, -0.1) is 11.3 Å². The van der Waals surface area contributed by atoms with Crippen LogP contribution in [0, 0.1) is 11.8 Å². The summed E-state index contributed by atoms with van der Waals surface area (Å²) < 4.78 is 39.3. The molecule has 6 saturated heterocycles. The molecule has 0 radical (unpaired) electrons. The number of methoxy groups -OCH3 is 3. The molecule has 17 nitrogen and oxygen atoms in total. The molecule has 16 rings (SSSR count). The van der Waals surface area contributed by atoms with Crippen molar-refractivity contribution in [3.05, 3.63) is 161 Å². The van der Waals surface area contributed by atoms with Gasteiger partial charge in [-0.25, -0.2) is 9.78 Å². The number of hydrogen-bond acceptors (Lipinski definition) is 15. The van der Waals surface area contributed by atoms with Crippen molar-refractivity contribution < 1.29 is 47.5 Å². The van der Waals surface area contributed by atoms with E-state index in [2.05, 4.69) is 102 Å². The summed E-state index contributed by atoms with van der Waals surface area (Å²) in [4.78, 5) is 51.2. The maximum Gasteiger partial charge on any atom is 0.410 e. The van der Waals surface area contributed by atoms with Gasteiger partial charge < -0.3 is 58.1 Å². The molecule has 540 valence electrons. The number of benzene rings is 6. The van der Waals surface area contributed by atoms with E-state index < -0.39 is 0 Å². The number of carbonyl (C=O) groups excluding carboxylic acids is 3. The van der Waals surface area contributed by atoms with Crippen LogP contribution in [0.1, 0.15) is 171 Å². The summed E-state index contributed by atoms with van der Waals surface area (Å²) in [6.45, 7) is 11.3. The van der Waals surface area contributed by atoms with Gasteiger partial charge in [-0.3, -0.25) is 14.9 Å². The number of likely N-dealkylation sites (tertiary alicyclic amines) is 3. The fourth-order valence-electron chi connectivity index (χ4n) is 18.5. The van der Waals surface area contributed by atoms with E-state index in [1.54, 1.807) is 34.6 Å². The number of carbonyl (C=O) groups is 3. The van der Waals surface area contributed by atoms with E-state index in [0.717, 1.165) is 172 Å². The molecule has 7 aliphatic heterocycles. The van der Waals surface area contributed by atoms with E-state index in [1.165, 1.54) is 97.2 Å². The van der Waals surface area contributed by atoms with Crippen LogP contribution in [-0.4, -0.2) is 167 Å². The SMILES string of the molecule is CCOC(=O)N1C2CCC(N3CCC(c4cc(-c5ccc6c(c5)OCO6)ccc4OC)CC3)CC1CC2.CNC(=O)c1ccc(-c2ccc(OC)c(C3CCN([C@H]4C[C@H]5CCC4C5)CC3)c2)cc1.COc1ccc(-c2ccc(C(=O)Nc3nccs3)cc2)cc1C1CCN(C2CCOCC2)CC1. The van der Waals surface area contributed by atoms with Crippen molar-refractivity contribution in [2.45, 2.75) is 164 Å². The van der Waals surface area contributed by atoms with Gasteiger partial charge in [0.15, 0.2) is 16.6 Å². The van der Waals surface area contributed by atoms with Crippen molar-refractivity contribution in [1.29, 1.82) is 0 Å². The van der Waals surface area contributed by atoms with Crippen LogP contribution < -0.4 is 34.3 Å². The van der Waals surface area contributed by atoms with Crippen molar-refractivity contribution in [3.63, 3.8) is 0 Å². The van der Waals surface area contributed by atoms with Crippen LogP contribution in [0.5, 0.6) is 28.7 Å². The lowest BCUT2D eigenvalue weighted by atomic mass is 9.85. The molecule has 8 fully saturated rings. The summed E-state index contributed by atoms with van der Waals surface area (Å²) in [6, 6.07) is 44.1. The van der Waals surface area contributed by atoms with E-state index in [1.807, 2.05) is 66.9 Å². The van der Waals surface area contributed by atoms with Crippen LogP contribution in [0.25, 0.3) is 33.4 Å². The highest BCUT2D eigenvalue weighted by Crippen LogP contribution is 2.49. The van der Waals surface area contributed by atoms with Crippen LogP contribution in [0.3, 0.4) is 0 Å². The third kappa shape index (κ3) is 16.2. The number of aromatic nitrogens is 1. The van der Waals surface area contributed by atoms with E-state index in [4.69, 9.17) is 33.2 Å². The second kappa shape index (κ2) is 33.2. The number of nitrogens with zero attached hydrogens (tertiary/aromatic N) is 5. The van der Waals surface area contributed by atoms with E-state index >= 15 is 0 Å². The maximum absolute atomic E-state index is 12.6. The Morgan fingerprint density at radius 3 is 1.50 bits per heavy atom. The summed E-state index contributed by atoms with van der Waals surface area (Å²) in [5.41, 5.74) is 12.1. The van der Waals surface area contributed by atoms with Gasteiger partial charge in [0.25, 0.3) is 11.8 Å². The molecule has 0 spiro atoms. The number of amides is 3. The first-order valence-corrected chi connectivity index (χ1v) is 38.7. The minimum Gasteiger partial charge on any atom is -0.496 e. The number of nitrogens with one attached hydrogen (secondary N) is 2. The number of hydrogen-bond donors (Lipinski definition) is 2. The number of fused-ring (bicyclic) bond motifs is 5. The van der Waals surface area contributed by atoms with Crippen LogP contribution in [-0.2, 0) is 9.47 Å². The molecule has 4 unspecified atom stereocenters. The van der Waals surface area contributed by atoms with Crippen molar-refractivity contribution >= 4 is 34.4 Å². The second-order valence-corrected chi connectivity index (χ2v) is 30.3. The Bertz CT molecular complexity index is 3950. The lowest BCUT2D eigenvalue weighted by Gasteiger charge is -2.40. The molecule has 9 aliphatic rings. The molecule has 6 aromatic carbocycles. The van der Waals surface area contributed by atoms with Gasteiger partial charge in [0.05, 0.1) is 27.9 Å². The average molecular weight is 1400 g/mol. The zero-order valence-electron chi connectivity index (χ0n) is 60.3. The third-order valence-electron chi connectivity index (χ3n) is 24.0. The summed E-state index contributed by atoms with van der Waals surface area (Å²) in [6.07, 6.45) is 22.3. The van der Waals surface area contributed by atoms with Crippen molar-refractivity contribution in [1.82, 2.24) is 29.9 Å². The molecule has 2 N–H and O–H groups in total. The molecule has 8 heterocycles. The monoisotopic (exact) mass is 1400 g/mol. The second-order valence-electron chi connectivity index (χ2n) is 29.4. The van der Waals surface area contributed by atoms with Crippen LogP contribution in [0.4, 0.5) is 9.93 Å². The first-order chi connectivity index (χ1) is 50.0. The smallest absolute Gasteiger partial charge is 0.410 e. The average Bonchev–Trinajstić information content (AvgIpc) is 1.53. The summed E-state index contributed by atoms with van der Waals surface area (Å²) in [7, 11) is 6.96. The molecule has 2 aliphatic carbocycles. The Morgan fingerprint density at radius 1 is 0.500 bits per heavy atom. The summed E-state index contributed by atoms with van der Waals surface area (Å²) in [5, 5.41) is 7.96. The summed E-state index contributed by atoms with van der Waals surface area (Å²) >= 11 is 1.41. The van der Waals surface area contributed by atoms with Gasteiger partial charge in [-0.1, -0.05) is 55.0 Å². The molecule has 18 heteroatoms. The normalized spacial score (nSPS) is 23.3. The van der Waals surface area contributed by atoms with Gasteiger partial charge >= 0.3 is 6.09 Å². The lowest BCUT2D eigenvalue weighted by molar-refractivity contribution is 0.0251. The van der Waals surface area contributed by atoms with Gasteiger partial charge in [0.1, 0.15) is 17.2 Å². The fraction of sp³-hybridized carbons (Fsp3) is 0.500. The maximum atomic E-state index is 12.6. The molecular weight excluding hydrogens is 1300 g/mol. The van der Waals surface area contributed by atoms with Crippen molar-refractivity contribution in [2.75, 3.05) is 99.6 Å². The number of piperidine rings is 3. The van der Waals surface area contributed by atoms with E-state index in [-0.39, 0.29) is 24.7 Å². The minimum atomic E-state index is -0.145. The standard InChI is InChI=1S/C30H38N2O5.C27H31N3O3S.C27H34N2O2/c1-3-35-30(33)32-23-6-8-24(18-25(32)9-7-23)31-14-12-20(13-15-31)26-16-21(4-10-27(26)34-2)22-5-11-28-29(17-22)37-19-36-28;1-32-25-7-6-22(19-2-4-21(5-3-19)26(31)29-27-28-12-17-34-27)18-24(25)20-8-13-30(14-9-20)23-10-15-33-16-11-23;1-28-27(30)21-7-5-19(6-8-21)22-9-10-26(31-2)24(17-22)20-11-13-29(14-12-20)25-16-18-3-4-23(25)15-18/h4-5,10-11,16-17,20,23-25H,3,6-9,12-15,18-19H2,1-2H3;2-7,12,17-18,20,23H,8-11,13-16H2,1H3,(H,28,29,31);5-10,17-18,20,23,25H,3-4,11-16H2,1-2H3,(H,28,30)/t;;18-,23?,25-/m..0/s1. The van der Waals surface area contributed by atoms with Crippen LogP contribution in [0.15, 0.2) is 133 Å². The molecule has 102 heavy (non-hydrogen) atoms. The molecule has 6 atom stereocenters. The Kier molecular flexibility index (Phi) is 23.1. The first-order valence-electron chi connectivity index (χ1n) is 37.8. The topological polar surface area (TPSA) is 166 Å². The van der Waals surface area contributed by atoms with Crippen molar-refractivity contribution in [3.8, 4) is 62.1 Å². The lowest BCUT2D eigenvalue weighted by Crippen LogP contribution is -2.44. The quantitative estimate of drug-likeness (QED) is 0.0938. The van der Waals surface area contributed by atoms with Gasteiger partial charge in [0, 0.05) is 73.2 Å². The Hall–Kier alpha value is -8.00. The number of thiazole rings is 1. The Labute approximate surface area is 606 Å². The van der Waals surface area contributed by atoms with Gasteiger partial charge in [-0.05, 0) is 301 Å². The fourth-order valence-corrected chi connectivity index (χ4v) is 19.0.